The first-order valence-electron chi connectivity index (χ1n) is 7.69. The first-order chi connectivity index (χ1) is 11.6. The molecular weight excluding hydrogens is 316 g/mol. The minimum Gasteiger partial charge on any atom is -0.481 e. The number of rotatable bonds is 5. The highest BCUT2D eigenvalue weighted by molar-refractivity contribution is 5.77. The Morgan fingerprint density at radius 1 is 1.38 bits per heavy atom. The maximum absolute atomic E-state index is 12.4. The van der Waals surface area contributed by atoms with Gasteiger partial charge in [0.15, 0.2) is 5.65 Å². The molecule has 1 aliphatic rings. The van der Waals surface area contributed by atoms with Crippen LogP contribution in [0.15, 0.2) is 29.2 Å². The van der Waals surface area contributed by atoms with Crippen molar-refractivity contribution in [3.05, 3.63) is 34.9 Å². The Bertz CT molecular complexity index is 812. The molecule has 3 heterocycles. The Kier molecular flexibility index (Phi) is 4.61. The zero-order chi connectivity index (χ0) is 17.1. The third-order valence-electron chi connectivity index (χ3n) is 3.98. The predicted octanol–water partition coefficient (Wildman–Crippen LogP) is -0.412. The number of aromatic nitrogens is 3. The number of fused-ring (bicyclic) bond motifs is 1. The number of carboxylic acids is 1. The van der Waals surface area contributed by atoms with Crippen LogP contribution in [0.3, 0.4) is 0 Å². The molecular formula is C15H18N4O5. The van der Waals surface area contributed by atoms with E-state index in [1.54, 1.807) is 24.4 Å². The van der Waals surface area contributed by atoms with Gasteiger partial charge in [0.05, 0.1) is 32.2 Å². The fourth-order valence-corrected chi connectivity index (χ4v) is 2.81. The van der Waals surface area contributed by atoms with Crippen molar-refractivity contribution in [2.75, 3.05) is 19.8 Å². The zero-order valence-corrected chi connectivity index (χ0v) is 13.0. The summed E-state index contributed by atoms with van der Waals surface area (Å²) in [6.45, 7) is 1.11. The number of carbonyl (C=O) groups is 2. The number of aliphatic carboxylic acids is 1. The van der Waals surface area contributed by atoms with Crippen molar-refractivity contribution in [2.45, 2.75) is 25.4 Å². The van der Waals surface area contributed by atoms with E-state index in [0.717, 1.165) is 0 Å². The largest absolute Gasteiger partial charge is 0.481 e. The molecule has 0 spiro atoms. The molecule has 1 aliphatic heterocycles. The van der Waals surface area contributed by atoms with Crippen LogP contribution in [0.1, 0.15) is 12.8 Å². The van der Waals surface area contributed by atoms with Gasteiger partial charge in [0.2, 0.25) is 5.91 Å². The Morgan fingerprint density at radius 3 is 2.96 bits per heavy atom. The molecule has 0 bridgehead atoms. The van der Waals surface area contributed by atoms with Gasteiger partial charge in [-0.25, -0.2) is 9.48 Å². The van der Waals surface area contributed by atoms with Gasteiger partial charge >= 0.3 is 11.7 Å². The number of nitrogens with zero attached hydrogens (tertiary/aromatic N) is 4. The molecule has 0 aliphatic carbocycles. The highest BCUT2D eigenvalue weighted by atomic mass is 16.5. The van der Waals surface area contributed by atoms with Crippen LogP contribution in [0.25, 0.3) is 5.65 Å². The van der Waals surface area contributed by atoms with Gasteiger partial charge < -0.3 is 14.7 Å². The van der Waals surface area contributed by atoms with Gasteiger partial charge in [0, 0.05) is 19.2 Å². The van der Waals surface area contributed by atoms with E-state index in [4.69, 9.17) is 9.84 Å². The average molecular weight is 334 g/mol. The van der Waals surface area contributed by atoms with Gasteiger partial charge in [0.1, 0.15) is 0 Å². The van der Waals surface area contributed by atoms with Gasteiger partial charge in [-0.05, 0) is 12.1 Å². The summed E-state index contributed by atoms with van der Waals surface area (Å²) >= 11 is 0. The lowest BCUT2D eigenvalue weighted by Gasteiger charge is -2.34. The minimum absolute atomic E-state index is 0.0832. The van der Waals surface area contributed by atoms with Crippen molar-refractivity contribution in [3.63, 3.8) is 0 Å². The summed E-state index contributed by atoms with van der Waals surface area (Å²) < 4.78 is 7.92. The van der Waals surface area contributed by atoms with E-state index in [-0.39, 0.29) is 37.6 Å². The molecule has 0 saturated carbocycles. The van der Waals surface area contributed by atoms with E-state index in [9.17, 15) is 14.4 Å². The Balaban J connectivity index is 1.68. The van der Waals surface area contributed by atoms with E-state index in [1.807, 2.05) is 0 Å². The summed E-state index contributed by atoms with van der Waals surface area (Å²) in [5.74, 6) is -1.17. The SMILES string of the molecule is O=C(O)CC1COCCN1C(=O)CCn1nc2ccccn2c1=O. The summed E-state index contributed by atoms with van der Waals surface area (Å²) in [5, 5.41) is 13.1. The first kappa shape index (κ1) is 16.2. The predicted molar refractivity (Wildman–Crippen MR) is 82.6 cm³/mol. The maximum atomic E-state index is 12.4. The lowest BCUT2D eigenvalue weighted by Crippen LogP contribution is -2.49. The molecule has 128 valence electrons. The van der Waals surface area contributed by atoms with Crippen molar-refractivity contribution >= 4 is 17.5 Å². The summed E-state index contributed by atoms with van der Waals surface area (Å²) in [4.78, 5) is 37.0. The second-order valence-electron chi connectivity index (χ2n) is 5.60. The number of pyridine rings is 1. The van der Waals surface area contributed by atoms with Crippen LogP contribution in [-0.4, -0.2) is 61.9 Å². The van der Waals surface area contributed by atoms with Crippen molar-refractivity contribution in [2.24, 2.45) is 0 Å². The number of carbonyl (C=O) groups excluding carboxylic acids is 1. The molecule has 1 atom stereocenters. The van der Waals surface area contributed by atoms with Gasteiger partial charge in [-0.2, -0.15) is 0 Å². The standard InChI is InChI=1S/C15H18N4O5/c20-13(17-7-8-24-10-11(17)9-14(21)22)4-6-19-15(23)18-5-2-1-3-12(18)16-19/h1-3,5,11H,4,6-10H2,(H,21,22). The molecule has 3 rings (SSSR count). The van der Waals surface area contributed by atoms with Crippen LogP contribution >= 0.6 is 0 Å². The van der Waals surface area contributed by atoms with Gasteiger partial charge in [0.25, 0.3) is 0 Å². The Hall–Kier alpha value is -2.68. The minimum atomic E-state index is -0.972. The summed E-state index contributed by atoms with van der Waals surface area (Å²) in [6.07, 6.45) is 1.55. The molecule has 1 saturated heterocycles. The van der Waals surface area contributed by atoms with Crippen LogP contribution in [0, 0.1) is 0 Å². The molecule has 2 aromatic heterocycles. The molecule has 9 nitrogen and oxygen atoms in total. The van der Waals surface area contributed by atoms with E-state index in [0.29, 0.717) is 18.8 Å². The Morgan fingerprint density at radius 2 is 2.21 bits per heavy atom. The number of amides is 1. The molecule has 1 fully saturated rings. The van der Waals surface area contributed by atoms with Gasteiger partial charge in [-0.1, -0.05) is 6.07 Å². The van der Waals surface area contributed by atoms with Crippen LogP contribution in [-0.2, 0) is 20.9 Å². The van der Waals surface area contributed by atoms with Crippen LogP contribution in [0.5, 0.6) is 0 Å². The van der Waals surface area contributed by atoms with E-state index < -0.39 is 12.0 Å². The first-order valence-corrected chi connectivity index (χ1v) is 7.69. The molecule has 0 radical (unpaired) electrons. The normalized spacial score (nSPS) is 18.0. The van der Waals surface area contributed by atoms with Crippen molar-refractivity contribution in [1.82, 2.24) is 19.1 Å². The quantitative estimate of drug-likeness (QED) is 0.797. The molecule has 9 heteroatoms. The second kappa shape index (κ2) is 6.83. The summed E-state index contributed by atoms with van der Waals surface area (Å²) in [5.41, 5.74) is 0.215. The Labute approximate surface area is 137 Å². The van der Waals surface area contributed by atoms with Crippen molar-refractivity contribution in [1.29, 1.82) is 0 Å². The average Bonchev–Trinajstić information content (AvgIpc) is 2.89. The number of aryl methyl sites for hydroxylation is 1. The van der Waals surface area contributed by atoms with Crippen LogP contribution in [0.2, 0.25) is 0 Å². The molecule has 2 aromatic rings. The topological polar surface area (TPSA) is 106 Å². The van der Waals surface area contributed by atoms with Crippen LogP contribution in [0.4, 0.5) is 0 Å². The number of ether oxygens (including phenoxy) is 1. The molecule has 24 heavy (non-hydrogen) atoms. The molecule has 1 N–H and O–H groups in total. The van der Waals surface area contributed by atoms with Crippen LogP contribution < -0.4 is 5.69 Å². The third-order valence-corrected chi connectivity index (χ3v) is 3.98. The summed E-state index contributed by atoms with van der Waals surface area (Å²) in [7, 11) is 0. The number of hydrogen-bond donors (Lipinski definition) is 1. The zero-order valence-electron chi connectivity index (χ0n) is 13.0. The number of carboxylic acid groups (broad SMARTS) is 1. The van der Waals surface area contributed by atoms with E-state index in [2.05, 4.69) is 5.10 Å². The maximum Gasteiger partial charge on any atom is 0.350 e. The molecule has 0 aromatic carbocycles. The number of morpholine rings is 1. The van der Waals surface area contributed by atoms with E-state index in [1.165, 1.54) is 14.0 Å². The second-order valence-corrected chi connectivity index (χ2v) is 5.60. The van der Waals surface area contributed by atoms with E-state index >= 15 is 0 Å². The fourth-order valence-electron chi connectivity index (χ4n) is 2.81. The van der Waals surface area contributed by atoms with Gasteiger partial charge in [-0.3, -0.25) is 14.0 Å². The van der Waals surface area contributed by atoms with Crippen molar-refractivity contribution < 1.29 is 19.4 Å². The smallest absolute Gasteiger partial charge is 0.350 e. The summed E-state index contributed by atoms with van der Waals surface area (Å²) in [6, 6.07) is 4.75. The van der Waals surface area contributed by atoms with Crippen molar-refractivity contribution in [3.8, 4) is 0 Å². The molecule has 1 amide bonds. The lowest BCUT2D eigenvalue weighted by molar-refractivity contribution is -0.146. The van der Waals surface area contributed by atoms with Gasteiger partial charge in [-0.15, -0.1) is 5.10 Å². The third kappa shape index (κ3) is 3.30. The lowest BCUT2D eigenvalue weighted by atomic mass is 10.1. The highest BCUT2D eigenvalue weighted by Crippen LogP contribution is 2.12. The monoisotopic (exact) mass is 334 g/mol. The highest BCUT2D eigenvalue weighted by Gasteiger charge is 2.28. The number of hydrogen-bond acceptors (Lipinski definition) is 5. The molecule has 1 unspecified atom stereocenters. The fraction of sp³-hybridized carbons (Fsp3) is 0.467.